The lowest BCUT2D eigenvalue weighted by atomic mass is 9.86. The number of hydrogen-bond donors (Lipinski definition) is 1. The summed E-state index contributed by atoms with van der Waals surface area (Å²) in [4.78, 5) is 12.4. The minimum atomic E-state index is -0.797. The van der Waals surface area contributed by atoms with Gasteiger partial charge < -0.3 is 5.11 Å². The van der Waals surface area contributed by atoms with E-state index in [0.717, 1.165) is 34.5 Å². The second kappa shape index (κ2) is 4.26. The summed E-state index contributed by atoms with van der Waals surface area (Å²) >= 11 is 4.96. The number of rotatable bonds is 2. The lowest BCUT2D eigenvalue weighted by Gasteiger charge is -2.20. The zero-order valence-electron chi connectivity index (χ0n) is 8.55. The molecule has 0 spiro atoms. The minimum absolute atomic E-state index is 0.504. The molecule has 1 heterocycles. The number of carbonyl (C=O) groups is 1. The third-order valence-electron chi connectivity index (χ3n) is 3.12. The third-order valence-corrected chi connectivity index (χ3v) is 5.04. The first-order valence-electron chi connectivity index (χ1n) is 5.16. The molecule has 1 aliphatic carbocycles. The molecule has 4 heteroatoms. The van der Waals surface area contributed by atoms with E-state index in [-0.39, 0.29) is 0 Å². The quantitative estimate of drug-likeness (QED) is 0.900. The number of thiophene rings is 1. The maximum Gasteiger partial charge on any atom is 0.338 e. The van der Waals surface area contributed by atoms with Crippen LogP contribution in [0.4, 0.5) is 0 Å². The van der Waals surface area contributed by atoms with E-state index >= 15 is 0 Å². The maximum absolute atomic E-state index is 11.1. The minimum Gasteiger partial charge on any atom is -0.478 e. The number of halogens is 1. The Morgan fingerprint density at radius 1 is 1.67 bits per heavy atom. The molecule has 1 aromatic heterocycles. The van der Waals surface area contributed by atoms with Gasteiger partial charge in [0.15, 0.2) is 0 Å². The van der Waals surface area contributed by atoms with Crippen LogP contribution in [0.25, 0.3) is 0 Å². The van der Waals surface area contributed by atoms with Gasteiger partial charge in [0, 0.05) is 4.88 Å². The van der Waals surface area contributed by atoms with Gasteiger partial charge in [-0.05, 0) is 46.7 Å². The van der Waals surface area contributed by atoms with Crippen molar-refractivity contribution in [3.8, 4) is 0 Å². The Hall–Kier alpha value is -0.350. The van der Waals surface area contributed by atoms with E-state index in [4.69, 9.17) is 5.11 Å². The van der Waals surface area contributed by atoms with Crippen molar-refractivity contribution in [1.29, 1.82) is 0 Å². The molecule has 82 valence electrons. The van der Waals surface area contributed by atoms with Crippen LogP contribution in [0.2, 0.25) is 0 Å². The summed E-state index contributed by atoms with van der Waals surface area (Å²) in [5.74, 6) is -0.0565. The first-order chi connectivity index (χ1) is 7.13. The van der Waals surface area contributed by atoms with Crippen LogP contribution in [0, 0.1) is 5.92 Å². The average molecular weight is 289 g/mol. The first kappa shape index (κ1) is 11.1. The Balaban J connectivity index is 2.39. The second-order valence-corrected chi connectivity index (χ2v) is 6.40. The van der Waals surface area contributed by atoms with E-state index in [0.29, 0.717) is 5.56 Å². The largest absolute Gasteiger partial charge is 0.478 e. The number of aromatic carboxylic acids is 1. The molecule has 0 aliphatic heterocycles. The summed E-state index contributed by atoms with van der Waals surface area (Å²) in [7, 11) is 0. The molecular weight excluding hydrogens is 276 g/mol. The third kappa shape index (κ3) is 1.97. The van der Waals surface area contributed by atoms with Gasteiger partial charge in [0.1, 0.15) is 0 Å². The zero-order valence-corrected chi connectivity index (χ0v) is 10.9. The fourth-order valence-corrected chi connectivity index (χ4v) is 4.35. The molecule has 0 fully saturated rings. The van der Waals surface area contributed by atoms with Crippen LogP contribution in [0.3, 0.4) is 0 Å². The van der Waals surface area contributed by atoms with Crippen molar-refractivity contribution in [2.75, 3.05) is 0 Å². The highest BCUT2D eigenvalue weighted by molar-refractivity contribution is 9.11. The number of fused-ring (bicyclic) bond motifs is 1. The molecule has 2 nitrogen and oxygen atoms in total. The van der Waals surface area contributed by atoms with Gasteiger partial charge in [0.05, 0.1) is 9.35 Å². The van der Waals surface area contributed by atoms with Gasteiger partial charge in [0.2, 0.25) is 0 Å². The fraction of sp³-hybridized carbons (Fsp3) is 0.545. The lowest BCUT2D eigenvalue weighted by Crippen LogP contribution is -2.13. The highest BCUT2D eigenvalue weighted by Gasteiger charge is 2.26. The van der Waals surface area contributed by atoms with Gasteiger partial charge >= 0.3 is 5.97 Å². The van der Waals surface area contributed by atoms with E-state index in [1.807, 2.05) is 0 Å². The van der Waals surface area contributed by atoms with Gasteiger partial charge in [-0.2, -0.15) is 0 Å². The molecule has 2 rings (SSSR count). The van der Waals surface area contributed by atoms with E-state index in [2.05, 4.69) is 22.9 Å². The Morgan fingerprint density at radius 3 is 3.00 bits per heavy atom. The van der Waals surface area contributed by atoms with Crippen molar-refractivity contribution >= 4 is 33.2 Å². The van der Waals surface area contributed by atoms with Crippen molar-refractivity contribution in [3.05, 3.63) is 19.8 Å². The van der Waals surface area contributed by atoms with Crippen LogP contribution >= 0.6 is 27.3 Å². The molecule has 0 saturated heterocycles. The van der Waals surface area contributed by atoms with Crippen LogP contribution in [0.5, 0.6) is 0 Å². The highest BCUT2D eigenvalue weighted by atomic mass is 79.9. The lowest BCUT2D eigenvalue weighted by molar-refractivity contribution is 0.0695. The molecule has 0 bridgehead atoms. The van der Waals surface area contributed by atoms with Crippen molar-refractivity contribution in [2.45, 2.75) is 32.6 Å². The smallest absolute Gasteiger partial charge is 0.338 e. The van der Waals surface area contributed by atoms with Crippen LogP contribution in [0.1, 0.15) is 40.6 Å². The predicted molar refractivity (Wildman–Crippen MR) is 64.8 cm³/mol. The first-order valence-corrected chi connectivity index (χ1v) is 6.77. The van der Waals surface area contributed by atoms with E-state index in [1.165, 1.54) is 11.3 Å². The molecule has 1 aliphatic rings. The van der Waals surface area contributed by atoms with Gasteiger partial charge in [-0.3, -0.25) is 0 Å². The highest BCUT2D eigenvalue weighted by Crippen LogP contribution is 2.39. The molecule has 0 radical (unpaired) electrons. The molecular formula is C11H13BrO2S. The Kier molecular flexibility index (Phi) is 3.16. The molecule has 0 aromatic carbocycles. The van der Waals surface area contributed by atoms with Gasteiger partial charge in [-0.25, -0.2) is 4.79 Å². The molecule has 0 amide bonds. The Labute approximate surface area is 101 Å². The number of hydrogen-bond acceptors (Lipinski definition) is 2. The van der Waals surface area contributed by atoms with Crippen LogP contribution < -0.4 is 0 Å². The predicted octanol–water partition coefficient (Wildman–Crippen LogP) is 3.72. The topological polar surface area (TPSA) is 37.3 Å². The van der Waals surface area contributed by atoms with Gasteiger partial charge in [0.25, 0.3) is 0 Å². The molecule has 1 unspecified atom stereocenters. The van der Waals surface area contributed by atoms with E-state index < -0.39 is 5.97 Å². The monoisotopic (exact) mass is 288 g/mol. The summed E-state index contributed by atoms with van der Waals surface area (Å²) in [5, 5.41) is 9.11. The fourth-order valence-electron chi connectivity index (χ4n) is 2.18. The van der Waals surface area contributed by atoms with Crippen LogP contribution in [-0.2, 0) is 12.8 Å². The van der Waals surface area contributed by atoms with E-state index in [9.17, 15) is 4.79 Å². The van der Waals surface area contributed by atoms with Crippen molar-refractivity contribution < 1.29 is 9.90 Å². The summed E-state index contributed by atoms with van der Waals surface area (Å²) < 4.78 is 0.789. The van der Waals surface area contributed by atoms with Crippen LogP contribution in [0.15, 0.2) is 3.79 Å². The molecule has 1 atom stereocenters. The van der Waals surface area contributed by atoms with E-state index in [1.54, 1.807) is 11.3 Å². The maximum atomic E-state index is 11.1. The van der Waals surface area contributed by atoms with Gasteiger partial charge in [-0.1, -0.05) is 13.3 Å². The van der Waals surface area contributed by atoms with Crippen molar-refractivity contribution in [3.63, 3.8) is 0 Å². The zero-order chi connectivity index (χ0) is 11.0. The SMILES string of the molecule is CCC1CCc2c(sc(Br)c2C(=O)O)C1. The molecule has 1 N–H and O–H groups in total. The second-order valence-electron chi connectivity index (χ2n) is 3.97. The molecule has 15 heavy (non-hydrogen) atoms. The average Bonchev–Trinajstić information content (AvgIpc) is 2.52. The number of carboxylic acids is 1. The standard InChI is InChI=1S/C11H13BrO2S/c1-2-6-3-4-7-8(5-6)15-10(12)9(7)11(13)14/h6H,2-5H2,1H3,(H,13,14). The summed E-state index contributed by atoms with van der Waals surface area (Å²) in [6, 6.07) is 0. The Bertz CT molecular complexity index is 398. The Morgan fingerprint density at radius 2 is 2.40 bits per heavy atom. The van der Waals surface area contributed by atoms with Crippen LogP contribution in [-0.4, -0.2) is 11.1 Å². The van der Waals surface area contributed by atoms with Crippen molar-refractivity contribution in [2.24, 2.45) is 5.92 Å². The van der Waals surface area contributed by atoms with Gasteiger partial charge in [-0.15, -0.1) is 11.3 Å². The normalized spacial score (nSPS) is 20.0. The summed E-state index contributed by atoms with van der Waals surface area (Å²) in [6.07, 6.45) is 4.31. The summed E-state index contributed by atoms with van der Waals surface area (Å²) in [5.41, 5.74) is 1.58. The number of carboxylic acid groups (broad SMARTS) is 1. The van der Waals surface area contributed by atoms with Crippen molar-refractivity contribution in [1.82, 2.24) is 0 Å². The summed E-state index contributed by atoms with van der Waals surface area (Å²) in [6.45, 7) is 2.20. The molecule has 0 saturated carbocycles. The molecule has 1 aromatic rings.